The fraction of sp³-hybridized carbons (Fsp3) is 0. The Bertz CT molecular complexity index is 863. The van der Waals surface area contributed by atoms with Gasteiger partial charge in [0.05, 0.1) is 10.4 Å². The van der Waals surface area contributed by atoms with Crippen molar-refractivity contribution in [1.82, 2.24) is 9.97 Å². The number of hydrogen-bond donors (Lipinski definition) is 3. The van der Waals surface area contributed by atoms with Crippen molar-refractivity contribution >= 4 is 28.4 Å². The Balaban J connectivity index is 2.11. The largest absolute Gasteiger partial charge is 0.368 e. The lowest BCUT2D eigenvalue weighted by Gasteiger charge is -2.08. The summed E-state index contributed by atoms with van der Waals surface area (Å²) >= 11 is 0. The number of aromatic nitrogens is 2. The molecule has 5 N–H and O–H groups in total. The predicted octanol–water partition coefficient (Wildman–Crippen LogP) is 2.07. The van der Waals surface area contributed by atoms with Crippen molar-refractivity contribution in [3.63, 3.8) is 0 Å². The van der Waals surface area contributed by atoms with Gasteiger partial charge in [-0.15, -0.1) is 0 Å². The second-order valence-electron chi connectivity index (χ2n) is 4.61. The number of fused-ring (bicyclic) bond motifs is 1. The molecule has 0 aliphatic rings. The van der Waals surface area contributed by atoms with Crippen molar-refractivity contribution < 1.29 is 4.92 Å². The van der Waals surface area contributed by atoms with E-state index in [9.17, 15) is 10.1 Å². The van der Waals surface area contributed by atoms with Crippen LogP contribution in [0.3, 0.4) is 0 Å². The van der Waals surface area contributed by atoms with Crippen molar-refractivity contribution in [2.24, 2.45) is 5.84 Å². The van der Waals surface area contributed by atoms with Crippen molar-refractivity contribution in [3.8, 4) is 11.1 Å². The van der Waals surface area contributed by atoms with Crippen LogP contribution in [0.4, 0.5) is 17.5 Å². The van der Waals surface area contributed by atoms with Gasteiger partial charge in [0, 0.05) is 17.5 Å². The second kappa shape index (κ2) is 5.26. The van der Waals surface area contributed by atoms with Gasteiger partial charge >= 0.3 is 0 Å². The Kier molecular flexibility index (Phi) is 3.28. The van der Waals surface area contributed by atoms with E-state index >= 15 is 0 Å². The summed E-state index contributed by atoms with van der Waals surface area (Å²) in [7, 11) is 0. The zero-order valence-electron chi connectivity index (χ0n) is 11.4. The summed E-state index contributed by atoms with van der Waals surface area (Å²) in [6.07, 6.45) is 0. The van der Waals surface area contributed by atoms with Gasteiger partial charge in [-0.1, -0.05) is 6.07 Å². The highest BCUT2D eigenvalue weighted by Crippen LogP contribution is 2.28. The lowest BCUT2D eigenvalue weighted by Crippen LogP contribution is -2.11. The number of nitrogens with zero attached hydrogens (tertiary/aromatic N) is 3. The molecule has 0 bridgehead atoms. The first-order chi connectivity index (χ1) is 10.6. The van der Waals surface area contributed by atoms with Crippen molar-refractivity contribution in [2.75, 3.05) is 11.2 Å². The van der Waals surface area contributed by atoms with Gasteiger partial charge in [0.15, 0.2) is 5.82 Å². The third-order valence-corrected chi connectivity index (χ3v) is 3.26. The van der Waals surface area contributed by atoms with Crippen LogP contribution in [0, 0.1) is 10.1 Å². The lowest BCUT2D eigenvalue weighted by molar-refractivity contribution is -0.384. The maximum atomic E-state index is 10.7. The number of nitro benzene ring substituents is 1. The number of non-ortho nitro benzene ring substituents is 1. The average molecular weight is 296 g/mol. The Hall–Kier alpha value is -3.26. The Morgan fingerprint density at radius 3 is 2.36 bits per heavy atom. The van der Waals surface area contributed by atoms with Crippen LogP contribution in [0.25, 0.3) is 22.0 Å². The van der Waals surface area contributed by atoms with Crippen LogP contribution in [0.5, 0.6) is 0 Å². The first-order valence-corrected chi connectivity index (χ1v) is 6.37. The van der Waals surface area contributed by atoms with Gasteiger partial charge in [-0.05, 0) is 35.4 Å². The van der Waals surface area contributed by atoms with Gasteiger partial charge in [-0.2, -0.15) is 4.98 Å². The number of nitrogen functional groups attached to an aromatic ring is 2. The Morgan fingerprint density at radius 2 is 1.73 bits per heavy atom. The lowest BCUT2D eigenvalue weighted by atomic mass is 10.0. The van der Waals surface area contributed by atoms with E-state index in [1.807, 2.05) is 12.1 Å². The Morgan fingerprint density at radius 1 is 1.05 bits per heavy atom. The molecule has 0 amide bonds. The summed E-state index contributed by atoms with van der Waals surface area (Å²) in [5.41, 5.74) is 10.5. The molecule has 0 fully saturated rings. The maximum Gasteiger partial charge on any atom is 0.269 e. The van der Waals surface area contributed by atoms with Crippen LogP contribution < -0.4 is 17.0 Å². The van der Waals surface area contributed by atoms with Crippen LogP contribution in [-0.2, 0) is 0 Å². The molecule has 0 unspecified atom stereocenters. The van der Waals surface area contributed by atoms with Gasteiger partial charge in [-0.3, -0.25) is 10.1 Å². The molecule has 0 radical (unpaired) electrons. The van der Waals surface area contributed by atoms with E-state index in [0.29, 0.717) is 16.7 Å². The van der Waals surface area contributed by atoms with E-state index in [-0.39, 0.29) is 11.6 Å². The number of hydrogen-bond acceptors (Lipinski definition) is 7. The molecule has 110 valence electrons. The average Bonchev–Trinajstić information content (AvgIpc) is 2.53. The summed E-state index contributed by atoms with van der Waals surface area (Å²) < 4.78 is 0. The SMILES string of the molecule is NNc1nc(N)nc2ccc(-c3ccc([N+](=O)[O-])cc3)cc12. The fourth-order valence-corrected chi connectivity index (χ4v) is 2.21. The number of rotatable bonds is 3. The summed E-state index contributed by atoms with van der Waals surface area (Å²) in [6, 6.07) is 11.8. The standard InChI is InChI=1S/C14H12N6O2/c15-14-17-12-6-3-9(7-11(12)13(18-14)19-16)8-1-4-10(5-2-8)20(21)22/h1-7H,16H2,(H3,15,17,18,19). The minimum absolute atomic E-state index is 0.0463. The first-order valence-electron chi connectivity index (χ1n) is 6.37. The maximum absolute atomic E-state index is 10.7. The number of hydrazine groups is 1. The fourth-order valence-electron chi connectivity index (χ4n) is 2.21. The van der Waals surface area contributed by atoms with E-state index in [1.54, 1.807) is 18.2 Å². The quantitative estimate of drug-likeness (QED) is 0.382. The number of benzene rings is 2. The zero-order valence-corrected chi connectivity index (χ0v) is 11.4. The third-order valence-electron chi connectivity index (χ3n) is 3.26. The predicted molar refractivity (Wildman–Crippen MR) is 83.9 cm³/mol. The van der Waals surface area contributed by atoms with Crippen molar-refractivity contribution in [1.29, 1.82) is 0 Å². The van der Waals surface area contributed by atoms with Crippen LogP contribution in [0.2, 0.25) is 0 Å². The highest BCUT2D eigenvalue weighted by molar-refractivity contribution is 5.93. The van der Waals surface area contributed by atoms with Crippen LogP contribution >= 0.6 is 0 Å². The summed E-state index contributed by atoms with van der Waals surface area (Å²) in [6.45, 7) is 0. The molecule has 22 heavy (non-hydrogen) atoms. The molecular weight excluding hydrogens is 284 g/mol. The van der Waals surface area contributed by atoms with Crippen LogP contribution in [-0.4, -0.2) is 14.9 Å². The number of nitrogens with two attached hydrogens (primary N) is 2. The van der Waals surface area contributed by atoms with Gasteiger partial charge < -0.3 is 11.2 Å². The van der Waals surface area contributed by atoms with Gasteiger partial charge in [0.25, 0.3) is 5.69 Å². The van der Waals surface area contributed by atoms with Gasteiger partial charge in [0.2, 0.25) is 5.95 Å². The van der Waals surface area contributed by atoms with Crippen LogP contribution in [0.15, 0.2) is 42.5 Å². The molecule has 0 aliphatic heterocycles. The normalized spacial score (nSPS) is 10.6. The van der Waals surface area contributed by atoms with Crippen molar-refractivity contribution in [2.45, 2.75) is 0 Å². The van der Waals surface area contributed by atoms with Gasteiger partial charge in [0.1, 0.15) is 0 Å². The second-order valence-corrected chi connectivity index (χ2v) is 4.61. The zero-order chi connectivity index (χ0) is 15.7. The third kappa shape index (κ3) is 2.38. The molecule has 3 rings (SSSR count). The summed E-state index contributed by atoms with van der Waals surface area (Å²) in [5, 5.41) is 11.4. The van der Waals surface area contributed by atoms with E-state index in [4.69, 9.17) is 11.6 Å². The summed E-state index contributed by atoms with van der Waals surface area (Å²) in [5.74, 6) is 6.01. The van der Waals surface area contributed by atoms with Crippen LogP contribution in [0.1, 0.15) is 0 Å². The molecule has 0 saturated carbocycles. The van der Waals surface area contributed by atoms with Crippen molar-refractivity contribution in [3.05, 3.63) is 52.6 Å². The number of nitro groups is 1. The molecule has 8 nitrogen and oxygen atoms in total. The molecular formula is C14H12N6O2. The van der Waals surface area contributed by atoms with E-state index < -0.39 is 4.92 Å². The smallest absolute Gasteiger partial charge is 0.269 e. The number of nitrogens with one attached hydrogen (secondary N) is 1. The summed E-state index contributed by atoms with van der Waals surface area (Å²) in [4.78, 5) is 18.4. The monoisotopic (exact) mass is 296 g/mol. The topological polar surface area (TPSA) is 133 Å². The highest BCUT2D eigenvalue weighted by atomic mass is 16.6. The van der Waals surface area contributed by atoms with E-state index in [0.717, 1.165) is 11.1 Å². The molecule has 0 spiro atoms. The molecule has 1 aromatic heterocycles. The van der Waals surface area contributed by atoms with E-state index in [1.165, 1.54) is 12.1 Å². The molecule has 0 saturated heterocycles. The Labute approximate surface area is 124 Å². The minimum Gasteiger partial charge on any atom is -0.368 e. The van der Waals surface area contributed by atoms with Gasteiger partial charge in [-0.25, -0.2) is 10.8 Å². The van der Waals surface area contributed by atoms with E-state index in [2.05, 4.69) is 15.4 Å². The highest BCUT2D eigenvalue weighted by Gasteiger charge is 2.09. The minimum atomic E-state index is -0.433. The molecule has 1 heterocycles. The molecule has 0 aliphatic carbocycles. The molecule has 0 atom stereocenters. The first kappa shape index (κ1) is 13.7. The molecule has 8 heteroatoms. The molecule has 3 aromatic rings. The molecule has 2 aromatic carbocycles. The number of anilines is 2.